The highest BCUT2D eigenvalue weighted by molar-refractivity contribution is 7.89. The van der Waals surface area contributed by atoms with Crippen molar-refractivity contribution in [1.82, 2.24) is 9.03 Å². The number of nitrogens with one attached hydrogen (secondary N) is 1. The van der Waals surface area contributed by atoms with Crippen molar-refractivity contribution in [1.29, 1.82) is 0 Å². The van der Waals surface area contributed by atoms with Crippen LogP contribution in [0.2, 0.25) is 0 Å². The van der Waals surface area contributed by atoms with Gasteiger partial charge in [0.2, 0.25) is 20.0 Å². The molecular formula is C16H18N2O4S2. The summed E-state index contributed by atoms with van der Waals surface area (Å²) in [5.41, 5.74) is 0. The third-order valence-electron chi connectivity index (χ3n) is 3.91. The normalized spacial score (nSPS) is 19.4. The number of hydrogen-bond acceptors (Lipinski definition) is 4. The highest BCUT2D eigenvalue weighted by Crippen LogP contribution is 2.22. The summed E-state index contributed by atoms with van der Waals surface area (Å²) in [7, 11) is -7.24. The standard InChI is InChI=1S/C16H18N2O4S2/c19-23(20,15-7-3-1-4-8-15)17-14-11-12-18(13-14)24(21,22)16-9-5-2-6-10-16/h1-10,14,17H,11-13H2. The Kier molecular flexibility index (Phi) is 4.73. The minimum absolute atomic E-state index is 0.128. The first-order valence-corrected chi connectivity index (χ1v) is 10.4. The van der Waals surface area contributed by atoms with E-state index >= 15 is 0 Å². The topological polar surface area (TPSA) is 83.6 Å². The second-order valence-corrected chi connectivity index (χ2v) is 9.25. The van der Waals surface area contributed by atoms with E-state index in [2.05, 4.69) is 4.72 Å². The third kappa shape index (κ3) is 3.51. The van der Waals surface area contributed by atoms with Crippen molar-refractivity contribution in [3.63, 3.8) is 0 Å². The van der Waals surface area contributed by atoms with Gasteiger partial charge in [-0.05, 0) is 30.7 Å². The van der Waals surface area contributed by atoms with Crippen LogP contribution in [0.5, 0.6) is 0 Å². The molecule has 0 bridgehead atoms. The Morgan fingerprint density at radius 2 is 1.38 bits per heavy atom. The van der Waals surface area contributed by atoms with Crippen molar-refractivity contribution in [2.75, 3.05) is 13.1 Å². The second kappa shape index (κ2) is 6.64. The van der Waals surface area contributed by atoms with E-state index in [4.69, 9.17) is 0 Å². The Bertz CT molecular complexity index is 898. The van der Waals surface area contributed by atoms with Crippen LogP contribution in [0.3, 0.4) is 0 Å². The first kappa shape index (κ1) is 17.1. The molecule has 6 nitrogen and oxygen atoms in total. The van der Waals surface area contributed by atoms with E-state index in [9.17, 15) is 16.8 Å². The molecule has 0 spiro atoms. The van der Waals surface area contributed by atoms with Crippen LogP contribution < -0.4 is 4.72 Å². The van der Waals surface area contributed by atoms with Gasteiger partial charge in [0.05, 0.1) is 9.79 Å². The average molecular weight is 366 g/mol. The fourth-order valence-electron chi connectivity index (χ4n) is 2.67. The monoisotopic (exact) mass is 366 g/mol. The van der Waals surface area contributed by atoms with Crippen molar-refractivity contribution in [2.45, 2.75) is 22.3 Å². The lowest BCUT2D eigenvalue weighted by Crippen LogP contribution is -2.38. The van der Waals surface area contributed by atoms with Crippen LogP contribution in [0.25, 0.3) is 0 Å². The number of sulfonamides is 2. The highest BCUT2D eigenvalue weighted by Gasteiger charge is 2.34. The smallest absolute Gasteiger partial charge is 0.207 e. The zero-order valence-corrected chi connectivity index (χ0v) is 14.5. The van der Waals surface area contributed by atoms with E-state index in [1.807, 2.05) is 0 Å². The lowest BCUT2D eigenvalue weighted by Gasteiger charge is -2.17. The summed E-state index contributed by atoms with van der Waals surface area (Å²) in [6.45, 7) is 0.419. The van der Waals surface area contributed by atoms with Gasteiger partial charge in [0.1, 0.15) is 0 Å². The molecule has 2 aromatic carbocycles. The molecule has 2 aromatic rings. The SMILES string of the molecule is O=S(=O)(NC1CCN(S(=O)(=O)c2ccccc2)C1)c1ccccc1. The molecule has 1 saturated heterocycles. The maximum absolute atomic E-state index is 12.6. The van der Waals surface area contributed by atoms with Gasteiger partial charge in [0, 0.05) is 19.1 Å². The van der Waals surface area contributed by atoms with E-state index in [-0.39, 0.29) is 16.3 Å². The molecule has 128 valence electrons. The maximum Gasteiger partial charge on any atom is 0.243 e. The molecule has 0 amide bonds. The molecule has 1 aliphatic heterocycles. The molecule has 24 heavy (non-hydrogen) atoms. The van der Waals surface area contributed by atoms with E-state index in [1.165, 1.54) is 28.6 Å². The first-order valence-electron chi connectivity index (χ1n) is 7.52. The minimum Gasteiger partial charge on any atom is -0.207 e. The minimum atomic E-state index is -3.65. The van der Waals surface area contributed by atoms with Crippen molar-refractivity contribution >= 4 is 20.0 Å². The van der Waals surface area contributed by atoms with Gasteiger partial charge in [0.25, 0.3) is 0 Å². The van der Waals surface area contributed by atoms with Crippen LogP contribution in [0.1, 0.15) is 6.42 Å². The summed E-state index contributed by atoms with van der Waals surface area (Å²) in [6.07, 6.45) is 0.443. The molecule has 0 radical (unpaired) electrons. The van der Waals surface area contributed by atoms with E-state index in [0.29, 0.717) is 13.0 Å². The zero-order chi connectivity index (χ0) is 17.2. The van der Waals surface area contributed by atoms with Crippen LogP contribution in [-0.4, -0.2) is 40.3 Å². The van der Waals surface area contributed by atoms with Crippen LogP contribution in [0.4, 0.5) is 0 Å². The molecule has 1 atom stereocenters. The molecule has 8 heteroatoms. The predicted molar refractivity (Wildman–Crippen MR) is 90.4 cm³/mol. The lowest BCUT2D eigenvalue weighted by atomic mass is 10.3. The van der Waals surface area contributed by atoms with Gasteiger partial charge in [-0.2, -0.15) is 4.31 Å². The number of rotatable bonds is 5. The molecule has 1 fully saturated rings. The van der Waals surface area contributed by atoms with Gasteiger partial charge in [-0.25, -0.2) is 21.6 Å². The number of nitrogens with zero attached hydrogens (tertiary/aromatic N) is 1. The second-order valence-electron chi connectivity index (χ2n) is 5.60. The van der Waals surface area contributed by atoms with Gasteiger partial charge in [-0.3, -0.25) is 0 Å². The van der Waals surface area contributed by atoms with E-state index in [0.717, 1.165) is 0 Å². The molecule has 0 saturated carbocycles. The Labute approximate surface area is 142 Å². The molecule has 1 unspecified atom stereocenters. The van der Waals surface area contributed by atoms with Gasteiger partial charge in [0.15, 0.2) is 0 Å². The first-order chi connectivity index (χ1) is 11.4. The molecule has 0 aromatic heterocycles. The Morgan fingerprint density at radius 3 is 1.96 bits per heavy atom. The third-order valence-corrected chi connectivity index (χ3v) is 7.32. The Morgan fingerprint density at radius 1 is 0.833 bits per heavy atom. The van der Waals surface area contributed by atoms with Gasteiger partial charge in [-0.1, -0.05) is 36.4 Å². The van der Waals surface area contributed by atoms with Crippen molar-refractivity contribution in [3.8, 4) is 0 Å². The average Bonchev–Trinajstić information content (AvgIpc) is 3.05. The van der Waals surface area contributed by atoms with Crippen molar-refractivity contribution in [2.24, 2.45) is 0 Å². The van der Waals surface area contributed by atoms with Gasteiger partial charge in [-0.15, -0.1) is 0 Å². The number of benzene rings is 2. The van der Waals surface area contributed by atoms with Gasteiger partial charge < -0.3 is 0 Å². The predicted octanol–water partition coefficient (Wildman–Crippen LogP) is 1.43. The van der Waals surface area contributed by atoms with Crippen LogP contribution in [0.15, 0.2) is 70.5 Å². The fraction of sp³-hybridized carbons (Fsp3) is 0.250. The van der Waals surface area contributed by atoms with Crippen LogP contribution >= 0.6 is 0 Å². The highest BCUT2D eigenvalue weighted by atomic mass is 32.2. The summed E-state index contributed by atoms with van der Waals surface area (Å²) < 4.78 is 53.7. The maximum atomic E-state index is 12.6. The van der Waals surface area contributed by atoms with Crippen molar-refractivity contribution in [3.05, 3.63) is 60.7 Å². The quantitative estimate of drug-likeness (QED) is 0.868. The number of hydrogen-bond donors (Lipinski definition) is 1. The summed E-state index contributed by atoms with van der Waals surface area (Å²) >= 11 is 0. The summed E-state index contributed by atoms with van der Waals surface area (Å²) in [6, 6.07) is 15.8. The van der Waals surface area contributed by atoms with Crippen LogP contribution in [-0.2, 0) is 20.0 Å². The van der Waals surface area contributed by atoms with E-state index < -0.39 is 26.1 Å². The van der Waals surface area contributed by atoms with Crippen molar-refractivity contribution < 1.29 is 16.8 Å². The summed E-state index contributed by atoms with van der Waals surface area (Å²) in [5, 5.41) is 0. The molecule has 1 aliphatic rings. The summed E-state index contributed by atoms with van der Waals surface area (Å²) in [4.78, 5) is 0.394. The zero-order valence-electron chi connectivity index (χ0n) is 12.9. The molecule has 0 aliphatic carbocycles. The largest absolute Gasteiger partial charge is 0.243 e. The summed E-state index contributed by atoms with van der Waals surface area (Å²) in [5.74, 6) is 0. The Balaban J connectivity index is 1.72. The molecule has 1 N–H and O–H groups in total. The van der Waals surface area contributed by atoms with Gasteiger partial charge >= 0.3 is 0 Å². The lowest BCUT2D eigenvalue weighted by molar-refractivity contribution is 0.467. The Hall–Kier alpha value is -1.74. The van der Waals surface area contributed by atoms with Crippen LogP contribution in [0, 0.1) is 0 Å². The molecule has 3 rings (SSSR count). The van der Waals surface area contributed by atoms with E-state index in [1.54, 1.807) is 36.4 Å². The fourth-order valence-corrected chi connectivity index (χ4v) is 5.48. The molecular weight excluding hydrogens is 348 g/mol. The molecule has 1 heterocycles.